The maximum atomic E-state index is 6.35. The summed E-state index contributed by atoms with van der Waals surface area (Å²) in [6.07, 6.45) is 1.95. The highest BCUT2D eigenvalue weighted by Gasteiger charge is 2.19. The van der Waals surface area contributed by atoms with Gasteiger partial charge in [0.05, 0.1) is 9.79 Å². The van der Waals surface area contributed by atoms with Crippen LogP contribution in [0.4, 0.5) is 0 Å². The van der Waals surface area contributed by atoms with E-state index in [0.717, 1.165) is 71.5 Å². The molecule has 9 aromatic carbocycles. The minimum Gasteiger partial charge on any atom is -0.455 e. The second kappa shape index (κ2) is 15.5. The Balaban J connectivity index is 1.20. The number of benzene rings is 9. The number of nitrogens with zero attached hydrogens (tertiary/aromatic N) is 1. The fourth-order valence-electron chi connectivity index (χ4n) is 7.98. The second-order valence-corrected chi connectivity index (χ2v) is 15.7. The van der Waals surface area contributed by atoms with E-state index in [9.17, 15) is 0 Å². The van der Waals surface area contributed by atoms with Crippen LogP contribution in [0, 0.1) is 0 Å². The second-order valence-electron chi connectivity index (χ2n) is 14.6. The van der Waals surface area contributed by atoms with E-state index in [-0.39, 0.29) is 0 Å². The smallest absolute Gasteiger partial charge is 0.141 e. The summed E-state index contributed by atoms with van der Waals surface area (Å²) in [5.74, 6) is 1.74. The molecular weight excluding hydrogens is 735 g/mol. The van der Waals surface area contributed by atoms with Crippen molar-refractivity contribution in [3.05, 3.63) is 229 Å². The minimum absolute atomic E-state index is 0.708. The van der Waals surface area contributed by atoms with Crippen molar-refractivity contribution < 1.29 is 4.74 Å². The van der Waals surface area contributed by atoms with Crippen LogP contribution in [-0.4, -0.2) is 5.71 Å². The van der Waals surface area contributed by atoms with Crippen LogP contribution in [0.5, 0.6) is 11.5 Å². The molecule has 0 saturated heterocycles. The van der Waals surface area contributed by atoms with Gasteiger partial charge in [-0.3, -0.25) is 0 Å². The van der Waals surface area contributed by atoms with Gasteiger partial charge in [-0.25, -0.2) is 4.99 Å². The van der Waals surface area contributed by atoms with E-state index >= 15 is 0 Å². The van der Waals surface area contributed by atoms with Gasteiger partial charge in [-0.1, -0.05) is 164 Å². The molecule has 9 aromatic rings. The third kappa shape index (κ3) is 7.01. The summed E-state index contributed by atoms with van der Waals surface area (Å²) in [6, 6.07) is 66.3. The largest absolute Gasteiger partial charge is 0.455 e. The highest BCUT2D eigenvalue weighted by atomic mass is 32.2. The van der Waals surface area contributed by atoms with Gasteiger partial charge in [-0.05, 0) is 127 Å². The Bertz CT molecular complexity index is 3220. The highest BCUT2D eigenvalue weighted by molar-refractivity contribution is 7.99. The zero-order valence-electron chi connectivity index (χ0n) is 32.4. The van der Waals surface area contributed by atoms with Gasteiger partial charge in [0.1, 0.15) is 17.2 Å². The molecule has 0 fully saturated rings. The Kier molecular flexibility index (Phi) is 9.47. The normalized spacial score (nSPS) is 11.9. The number of hydrogen-bond acceptors (Lipinski definition) is 3. The Morgan fingerprint density at radius 1 is 0.492 bits per heavy atom. The first kappa shape index (κ1) is 36.0. The first-order valence-electron chi connectivity index (χ1n) is 19.7. The molecule has 10 rings (SSSR count). The Labute approximate surface area is 348 Å². The van der Waals surface area contributed by atoms with Crippen molar-refractivity contribution in [1.82, 2.24) is 0 Å². The van der Waals surface area contributed by atoms with Crippen molar-refractivity contribution in [3.8, 4) is 33.8 Å². The van der Waals surface area contributed by atoms with Gasteiger partial charge in [0.25, 0.3) is 0 Å². The number of para-hydroxylation sites is 1. The Morgan fingerprint density at radius 2 is 1.03 bits per heavy atom. The predicted molar refractivity (Wildman–Crippen MR) is 250 cm³/mol. The Hall–Kier alpha value is -7.38. The van der Waals surface area contributed by atoms with Crippen molar-refractivity contribution in [2.45, 2.75) is 16.7 Å². The standard InChI is InChI=1S/C56H37NOS/c1-3-38(40-18-8-5-9-19-40)27-30-52(57-37(2)39-16-6-4-7-17-39)45-33-43(32-44(34-45)42-28-31-54-56(36-42)59-55-25-15-14-24-53(55)58-54)41-26-29-50-48-22-11-10-20-46(48)47-21-12-13-23-49(47)51(50)35-41/h4-29,31-36H,1H2,2H3. The molecule has 0 aromatic heterocycles. The minimum atomic E-state index is 0.708. The van der Waals surface area contributed by atoms with Gasteiger partial charge >= 0.3 is 0 Å². The van der Waals surface area contributed by atoms with Crippen molar-refractivity contribution in [1.29, 1.82) is 0 Å². The van der Waals surface area contributed by atoms with E-state index in [1.165, 1.54) is 32.3 Å². The van der Waals surface area contributed by atoms with Crippen LogP contribution >= 0.6 is 11.8 Å². The Morgan fingerprint density at radius 3 is 1.71 bits per heavy atom. The van der Waals surface area contributed by atoms with Gasteiger partial charge in [0.15, 0.2) is 0 Å². The number of hydrogen-bond donors (Lipinski definition) is 0. The summed E-state index contributed by atoms with van der Waals surface area (Å²) < 4.78 is 6.35. The molecule has 2 nitrogen and oxygen atoms in total. The lowest BCUT2D eigenvalue weighted by Crippen LogP contribution is -1.96. The lowest BCUT2D eigenvalue weighted by molar-refractivity contribution is 0.454. The van der Waals surface area contributed by atoms with Crippen LogP contribution in [0.3, 0.4) is 0 Å². The average Bonchev–Trinajstić information content (AvgIpc) is 3.30. The average molecular weight is 772 g/mol. The quantitative estimate of drug-likeness (QED) is 0.0697. The number of aliphatic imine (C=N–C) groups is 1. The molecule has 3 heteroatoms. The molecule has 0 radical (unpaired) electrons. The monoisotopic (exact) mass is 771 g/mol. The van der Waals surface area contributed by atoms with Crippen LogP contribution in [0.2, 0.25) is 0 Å². The van der Waals surface area contributed by atoms with Crippen LogP contribution in [0.25, 0.3) is 65.8 Å². The van der Waals surface area contributed by atoms with Crippen LogP contribution in [-0.2, 0) is 0 Å². The van der Waals surface area contributed by atoms with Gasteiger partial charge in [-0.2, -0.15) is 0 Å². The molecular formula is C56H37NOS. The molecule has 278 valence electrons. The first-order chi connectivity index (χ1) is 29.1. The first-order valence-corrected chi connectivity index (χ1v) is 20.5. The van der Waals surface area contributed by atoms with E-state index in [1.54, 1.807) is 11.8 Å². The van der Waals surface area contributed by atoms with E-state index in [0.29, 0.717) is 5.70 Å². The molecule has 0 N–H and O–H groups in total. The van der Waals surface area contributed by atoms with E-state index in [4.69, 9.17) is 9.73 Å². The van der Waals surface area contributed by atoms with Gasteiger partial charge in [0, 0.05) is 16.8 Å². The third-order valence-electron chi connectivity index (χ3n) is 10.9. The molecule has 0 spiro atoms. The molecule has 0 bridgehead atoms. The van der Waals surface area contributed by atoms with Crippen LogP contribution in [0.1, 0.15) is 23.6 Å². The molecule has 0 atom stereocenters. The predicted octanol–water partition coefficient (Wildman–Crippen LogP) is 15.6. The van der Waals surface area contributed by atoms with Crippen molar-refractivity contribution in [2.75, 3.05) is 0 Å². The van der Waals surface area contributed by atoms with Crippen molar-refractivity contribution in [2.24, 2.45) is 4.99 Å². The molecule has 1 aliphatic rings. The molecule has 0 unspecified atom stereocenters. The lowest BCUT2D eigenvalue weighted by atomic mass is 9.90. The fourth-order valence-corrected chi connectivity index (χ4v) is 8.97. The molecule has 1 heterocycles. The van der Waals surface area contributed by atoms with Crippen LogP contribution in [0.15, 0.2) is 227 Å². The van der Waals surface area contributed by atoms with Gasteiger partial charge in [-0.15, -0.1) is 5.73 Å². The number of ether oxygens (including phenoxy) is 1. The summed E-state index contributed by atoms with van der Waals surface area (Å²) in [6.45, 7) is 6.08. The molecule has 0 aliphatic carbocycles. The zero-order valence-corrected chi connectivity index (χ0v) is 33.3. The summed E-state index contributed by atoms with van der Waals surface area (Å²) >= 11 is 1.74. The summed E-state index contributed by atoms with van der Waals surface area (Å²) in [7, 11) is 0. The number of allylic oxidation sites excluding steroid dienone is 2. The van der Waals surface area contributed by atoms with Crippen molar-refractivity contribution in [3.63, 3.8) is 0 Å². The zero-order chi connectivity index (χ0) is 39.7. The van der Waals surface area contributed by atoms with E-state index in [1.807, 2.05) is 54.6 Å². The number of rotatable bonds is 7. The maximum Gasteiger partial charge on any atom is 0.141 e. The topological polar surface area (TPSA) is 21.6 Å². The summed E-state index contributed by atoms with van der Waals surface area (Å²) in [5, 5.41) is 7.47. The summed E-state index contributed by atoms with van der Waals surface area (Å²) in [4.78, 5) is 7.49. The van der Waals surface area contributed by atoms with Crippen molar-refractivity contribution >= 4 is 61.1 Å². The van der Waals surface area contributed by atoms with Gasteiger partial charge < -0.3 is 4.74 Å². The molecule has 0 saturated carbocycles. The SMILES string of the molecule is C=C=C(C=C=C(N=C(C)c1ccccc1)c1cc(-c2ccc3c(c2)Sc2ccccc2O3)cc(-c2ccc3c4ccccc4c4ccccc4c3c2)c1)c1ccccc1. The molecule has 59 heavy (non-hydrogen) atoms. The maximum absolute atomic E-state index is 6.35. The fraction of sp³-hybridized carbons (Fsp3) is 0.0179. The van der Waals surface area contributed by atoms with E-state index in [2.05, 4.69) is 164 Å². The van der Waals surface area contributed by atoms with E-state index < -0.39 is 0 Å². The number of fused-ring (bicyclic) bond motifs is 8. The van der Waals surface area contributed by atoms with Crippen LogP contribution < -0.4 is 4.74 Å². The molecule has 0 amide bonds. The van der Waals surface area contributed by atoms with Gasteiger partial charge in [0.2, 0.25) is 0 Å². The molecule has 1 aliphatic heterocycles. The summed E-state index contributed by atoms with van der Waals surface area (Å²) in [5.41, 5.74) is 16.6. The third-order valence-corrected chi connectivity index (χ3v) is 12.0. The lowest BCUT2D eigenvalue weighted by Gasteiger charge is -2.20. The highest BCUT2D eigenvalue weighted by Crippen LogP contribution is 2.48.